The van der Waals surface area contributed by atoms with Crippen molar-refractivity contribution in [2.45, 2.75) is 38.6 Å². The van der Waals surface area contributed by atoms with E-state index >= 15 is 0 Å². The van der Waals surface area contributed by atoms with Gasteiger partial charge < -0.3 is 10.4 Å². The van der Waals surface area contributed by atoms with Crippen molar-refractivity contribution in [3.8, 4) is 5.75 Å². The van der Waals surface area contributed by atoms with Crippen molar-refractivity contribution >= 4 is 17.3 Å². The largest absolute Gasteiger partial charge is 0.506 e. The smallest absolute Gasteiger partial charge is 0.134 e. The van der Waals surface area contributed by atoms with Gasteiger partial charge in [-0.3, -0.25) is 0 Å². The van der Waals surface area contributed by atoms with E-state index < -0.39 is 0 Å². The molecule has 2 nitrogen and oxygen atoms in total. The van der Waals surface area contributed by atoms with E-state index in [0.717, 1.165) is 11.6 Å². The summed E-state index contributed by atoms with van der Waals surface area (Å²) in [7, 11) is 0. The molecule has 1 atom stereocenters. The number of benzene rings is 1. The lowest BCUT2D eigenvalue weighted by atomic mass is 9.99. The Morgan fingerprint density at radius 1 is 1.38 bits per heavy atom. The van der Waals surface area contributed by atoms with Crippen LogP contribution >= 0.6 is 11.6 Å². The second-order valence-corrected chi connectivity index (χ2v) is 5.05. The van der Waals surface area contributed by atoms with Gasteiger partial charge in [0, 0.05) is 11.7 Å². The normalized spacial score (nSPS) is 18.6. The lowest BCUT2D eigenvalue weighted by Gasteiger charge is -2.21. The molecule has 0 spiro atoms. The van der Waals surface area contributed by atoms with Crippen LogP contribution in [0, 0.1) is 5.92 Å². The fraction of sp³-hybridized carbons (Fsp3) is 0.538. The highest BCUT2D eigenvalue weighted by Gasteiger charge is 2.21. The lowest BCUT2D eigenvalue weighted by molar-refractivity contribution is 0.474. The van der Waals surface area contributed by atoms with Gasteiger partial charge in [-0.1, -0.05) is 24.4 Å². The summed E-state index contributed by atoms with van der Waals surface area (Å²) in [5.41, 5.74) is 0.988. The minimum atomic E-state index is 0.140. The zero-order valence-corrected chi connectivity index (χ0v) is 10.3. The summed E-state index contributed by atoms with van der Waals surface area (Å²) >= 11 is 5.87. The van der Waals surface area contributed by atoms with Crippen molar-refractivity contribution < 1.29 is 5.11 Å². The number of anilines is 1. The predicted octanol–water partition coefficient (Wildman–Crippen LogP) is 4.04. The Kier molecular flexibility index (Phi) is 3.59. The standard InChI is InChI=1S/C13H18ClNO/c1-9(10-4-2-3-5-10)15-11-6-7-13(16)12(14)8-11/h6-10,15-16H,2-5H2,1H3. The predicted molar refractivity (Wildman–Crippen MR) is 68.2 cm³/mol. The van der Waals surface area contributed by atoms with Crippen LogP contribution in [0.25, 0.3) is 0 Å². The zero-order valence-electron chi connectivity index (χ0n) is 9.54. The molecule has 88 valence electrons. The van der Waals surface area contributed by atoms with Crippen LogP contribution in [0.1, 0.15) is 32.6 Å². The molecule has 1 unspecified atom stereocenters. The SMILES string of the molecule is CC(Nc1ccc(O)c(Cl)c1)C1CCCC1. The van der Waals surface area contributed by atoms with Crippen molar-refractivity contribution in [1.82, 2.24) is 0 Å². The molecule has 2 N–H and O–H groups in total. The topological polar surface area (TPSA) is 32.3 Å². The summed E-state index contributed by atoms with van der Waals surface area (Å²) in [6.45, 7) is 2.22. The van der Waals surface area contributed by atoms with E-state index in [1.54, 1.807) is 12.1 Å². The third-order valence-corrected chi connectivity index (χ3v) is 3.75. The zero-order chi connectivity index (χ0) is 11.5. The average Bonchev–Trinajstić information content (AvgIpc) is 2.77. The summed E-state index contributed by atoms with van der Waals surface area (Å²) < 4.78 is 0. The maximum absolute atomic E-state index is 9.33. The molecule has 1 aliphatic carbocycles. The van der Waals surface area contributed by atoms with Crippen LogP contribution in [0.4, 0.5) is 5.69 Å². The van der Waals surface area contributed by atoms with E-state index in [0.29, 0.717) is 11.1 Å². The van der Waals surface area contributed by atoms with Gasteiger partial charge in [-0.15, -0.1) is 0 Å². The highest BCUT2D eigenvalue weighted by molar-refractivity contribution is 6.32. The summed E-state index contributed by atoms with van der Waals surface area (Å²) in [5, 5.41) is 13.2. The van der Waals surface area contributed by atoms with Crippen LogP contribution in [-0.4, -0.2) is 11.1 Å². The number of halogens is 1. The highest BCUT2D eigenvalue weighted by Crippen LogP contribution is 2.31. The number of aromatic hydroxyl groups is 1. The minimum Gasteiger partial charge on any atom is -0.506 e. The lowest BCUT2D eigenvalue weighted by Crippen LogP contribution is -2.23. The Balaban J connectivity index is 1.99. The van der Waals surface area contributed by atoms with E-state index in [4.69, 9.17) is 11.6 Å². The molecule has 3 heteroatoms. The summed E-state index contributed by atoms with van der Waals surface area (Å²) in [6, 6.07) is 5.75. The van der Waals surface area contributed by atoms with Gasteiger partial charge in [-0.05, 0) is 43.9 Å². The van der Waals surface area contributed by atoms with Crippen molar-refractivity contribution in [2.75, 3.05) is 5.32 Å². The van der Waals surface area contributed by atoms with Gasteiger partial charge in [0.25, 0.3) is 0 Å². The Hall–Kier alpha value is -0.890. The fourth-order valence-electron chi connectivity index (χ4n) is 2.43. The third-order valence-electron chi connectivity index (χ3n) is 3.45. The number of rotatable bonds is 3. The summed E-state index contributed by atoms with van der Waals surface area (Å²) in [5.74, 6) is 0.910. The van der Waals surface area contributed by atoms with Crippen molar-refractivity contribution in [3.63, 3.8) is 0 Å². The molecule has 1 saturated carbocycles. The molecule has 0 bridgehead atoms. The number of nitrogens with one attached hydrogen (secondary N) is 1. The summed E-state index contributed by atoms with van der Waals surface area (Å²) in [6.07, 6.45) is 5.35. The quantitative estimate of drug-likeness (QED) is 0.781. The van der Waals surface area contributed by atoms with Gasteiger partial charge in [0.05, 0.1) is 5.02 Å². The molecule has 1 aliphatic rings. The third kappa shape index (κ3) is 2.62. The van der Waals surface area contributed by atoms with Crippen LogP contribution in [-0.2, 0) is 0 Å². The average molecular weight is 240 g/mol. The molecular formula is C13H18ClNO. The van der Waals surface area contributed by atoms with Crippen LogP contribution in [0.15, 0.2) is 18.2 Å². The first-order chi connectivity index (χ1) is 7.66. The molecule has 0 aliphatic heterocycles. The van der Waals surface area contributed by atoms with Gasteiger partial charge >= 0.3 is 0 Å². The van der Waals surface area contributed by atoms with E-state index in [2.05, 4.69) is 12.2 Å². The van der Waals surface area contributed by atoms with Crippen LogP contribution in [0.3, 0.4) is 0 Å². The molecule has 1 aromatic rings. The Morgan fingerprint density at radius 2 is 2.06 bits per heavy atom. The Labute approximate surface area is 102 Å². The molecule has 0 aromatic heterocycles. The molecule has 0 radical (unpaired) electrons. The van der Waals surface area contributed by atoms with Crippen LogP contribution in [0.2, 0.25) is 5.02 Å². The monoisotopic (exact) mass is 239 g/mol. The maximum Gasteiger partial charge on any atom is 0.134 e. The Bertz CT molecular complexity index is 361. The van der Waals surface area contributed by atoms with Crippen LogP contribution in [0.5, 0.6) is 5.75 Å². The van der Waals surface area contributed by atoms with Gasteiger partial charge in [0.2, 0.25) is 0 Å². The van der Waals surface area contributed by atoms with Crippen molar-refractivity contribution in [1.29, 1.82) is 0 Å². The molecule has 1 fully saturated rings. The molecule has 0 saturated heterocycles. The van der Waals surface area contributed by atoms with E-state index in [1.165, 1.54) is 25.7 Å². The first-order valence-corrected chi connectivity index (χ1v) is 6.29. The van der Waals surface area contributed by atoms with Gasteiger partial charge in [-0.25, -0.2) is 0 Å². The molecule has 16 heavy (non-hydrogen) atoms. The van der Waals surface area contributed by atoms with E-state index in [-0.39, 0.29) is 5.75 Å². The van der Waals surface area contributed by atoms with E-state index in [9.17, 15) is 5.11 Å². The number of phenolic OH excluding ortho intramolecular Hbond substituents is 1. The number of hydrogen-bond acceptors (Lipinski definition) is 2. The van der Waals surface area contributed by atoms with Gasteiger partial charge in [0.15, 0.2) is 0 Å². The fourth-order valence-corrected chi connectivity index (χ4v) is 2.62. The molecular weight excluding hydrogens is 222 g/mol. The second kappa shape index (κ2) is 4.96. The molecule has 2 rings (SSSR count). The number of hydrogen-bond donors (Lipinski definition) is 2. The summed E-state index contributed by atoms with van der Waals surface area (Å²) in [4.78, 5) is 0. The van der Waals surface area contributed by atoms with Crippen molar-refractivity contribution in [2.24, 2.45) is 5.92 Å². The maximum atomic E-state index is 9.33. The first-order valence-electron chi connectivity index (χ1n) is 5.92. The van der Waals surface area contributed by atoms with Gasteiger partial charge in [0.1, 0.15) is 5.75 Å². The van der Waals surface area contributed by atoms with Crippen molar-refractivity contribution in [3.05, 3.63) is 23.2 Å². The first kappa shape index (κ1) is 11.6. The van der Waals surface area contributed by atoms with Crippen LogP contribution < -0.4 is 5.32 Å². The van der Waals surface area contributed by atoms with Gasteiger partial charge in [-0.2, -0.15) is 0 Å². The number of phenols is 1. The second-order valence-electron chi connectivity index (χ2n) is 4.64. The molecule has 0 heterocycles. The van der Waals surface area contributed by atoms with E-state index in [1.807, 2.05) is 6.07 Å². The highest BCUT2D eigenvalue weighted by atomic mass is 35.5. The minimum absolute atomic E-state index is 0.140. The molecule has 0 amide bonds. The Morgan fingerprint density at radius 3 is 2.69 bits per heavy atom. The molecule has 1 aromatic carbocycles.